The maximum Gasteiger partial charge on any atom is 0.128 e. The van der Waals surface area contributed by atoms with Crippen molar-refractivity contribution in [1.29, 1.82) is 0 Å². The average Bonchev–Trinajstić information content (AvgIpc) is 2.18. The lowest BCUT2D eigenvalue weighted by Gasteiger charge is -2.16. The Labute approximate surface area is 94.1 Å². The fourth-order valence-electron chi connectivity index (χ4n) is 1.37. The van der Waals surface area contributed by atoms with Crippen LogP contribution in [0.4, 0.5) is 4.39 Å². The third kappa shape index (κ3) is 2.87. The van der Waals surface area contributed by atoms with Gasteiger partial charge in [0.15, 0.2) is 0 Å². The first-order valence-corrected chi connectivity index (χ1v) is 5.43. The molecule has 0 fully saturated rings. The molecule has 0 aliphatic rings. The first kappa shape index (κ1) is 11.8. The molecular formula is C10H13ClFNS. The summed E-state index contributed by atoms with van der Waals surface area (Å²) in [6.07, 6.45) is 0.775. The van der Waals surface area contributed by atoms with Crippen LogP contribution in [0.3, 0.4) is 0 Å². The van der Waals surface area contributed by atoms with Crippen LogP contribution in [0.2, 0.25) is 5.02 Å². The summed E-state index contributed by atoms with van der Waals surface area (Å²) in [4.78, 5) is 0. The molecule has 1 aromatic rings. The van der Waals surface area contributed by atoms with Gasteiger partial charge in [0.05, 0.1) is 0 Å². The van der Waals surface area contributed by atoms with Gasteiger partial charge in [-0.05, 0) is 37.4 Å². The molecule has 0 amide bonds. The van der Waals surface area contributed by atoms with Crippen molar-refractivity contribution in [2.24, 2.45) is 0 Å². The Balaban J connectivity index is 2.96. The van der Waals surface area contributed by atoms with E-state index < -0.39 is 0 Å². The Kier molecular flexibility index (Phi) is 4.72. The third-order valence-corrected chi connectivity index (χ3v) is 2.59. The van der Waals surface area contributed by atoms with Crippen LogP contribution >= 0.6 is 24.2 Å². The molecule has 0 aliphatic carbocycles. The summed E-state index contributed by atoms with van der Waals surface area (Å²) in [5.74, 6) is 0.479. The first-order chi connectivity index (χ1) is 6.69. The molecule has 78 valence electrons. The SMILES string of the molecule is CNC(CCS)c1cc(Cl)ccc1F. The van der Waals surface area contributed by atoms with E-state index in [-0.39, 0.29) is 11.9 Å². The second-order valence-electron chi connectivity index (χ2n) is 3.02. The van der Waals surface area contributed by atoms with Gasteiger partial charge in [-0.1, -0.05) is 11.6 Å². The number of rotatable bonds is 4. The molecule has 1 nitrogen and oxygen atoms in total. The molecule has 0 bridgehead atoms. The highest BCUT2D eigenvalue weighted by Gasteiger charge is 2.13. The Bertz CT molecular complexity index is 306. The number of benzene rings is 1. The van der Waals surface area contributed by atoms with Crippen LogP contribution in [0.25, 0.3) is 0 Å². The van der Waals surface area contributed by atoms with E-state index in [1.54, 1.807) is 19.2 Å². The molecule has 4 heteroatoms. The lowest BCUT2D eigenvalue weighted by Crippen LogP contribution is -2.18. The Hall–Kier alpha value is -0.250. The number of hydrogen-bond donors (Lipinski definition) is 2. The second-order valence-corrected chi connectivity index (χ2v) is 3.90. The van der Waals surface area contributed by atoms with E-state index >= 15 is 0 Å². The fourth-order valence-corrected chi connectivity index (χ4v) is 1.80. The summed E-state index contributed by atoms with van der Waals surface area (Å²) in [6.45, 7) is 0. The van der Waals surface area contributed by atoms with Crippen LogP contribution in [-0.4, -0.2) is 12.8 Å². The van der Waals surface area contributed by atoms with Gasteiger partial charge in [0, 0.05) is 16.6 Å². The van der Waals surface area contributed by atoms with Crippen molar-refractivity contribution in [2.45, 2.75) is 12.5 Å². The Morgan fingerprint density at radius 3 is 2.86 bits per heavy atom. The summed E-state index contributed by atoms with van der Waals surface area (Å²) < 4.78 is 13.4. The van der Waals surface area contributed by atoms with Gasteiger partial charge in [-0.15, -0.1) is 0 Å². The molecule has 0 heterocycles. The van der Waals surface area contributed by atoms with Crippen LogP contribution in [0.5, 0.6) is 0 Å². The predicted octanol–water partition coefficient (Wildman–Crippen LogP) is 3.06. The van der Waals surface area contributed by atoms with Crippen LogP contribution in [0.1, 0.15) is 18.0 Å². The van der Waals surface area contributed by atoms with Gasteiger partial charge in [0.1, 0.15) is 5.82 Å². The largest absolute Gasteiger partial charge is 0.313 e. The fraction of sp³-hybridized carbons (Fsp3) is 0.400. The molecule has 0 spiro atoms. The number of thiol groups is 1. The molecule has 1 atom stereocenters. The van der Waals surface area contributed by atoms with E-state index in [1.165, 1.54) is 6.07 Å². The van der Waals surface area contributed by atoms with Gasteiger partial charge in [0.25, 0.3) is 0 Å². The minimum Gasteiger partial charge on any atom is -0.313 e. The molecule has 1 rings (SSSR count). The summed E-state index contributed by atoms with van der Waals surface area (Å²) in [5, 5.41) is 3.60. The third-order valence-electron chi connectivity index (χ3n) is 2.10. The topological polar surface area (TPSA) is 12.0 Å². The average molecular weight is 234 g/mol. The molecule has 14 heavy (non-hydrogen) atoms. The summed E-state index contributed by atoms with van der Waals surface area (Å²) in [5.41, 5.74) is 0.606. The van der Waals surface area contributed by atoms with Gasteiger partial charge in [-0.3, -0.25) is 0 Å². The maximum absolute atomic E-state index is 13.4. The zero-order valence-electron chi connectivity index (χ0n) is 7.93. The van der Waals surface area contributed by atoms with Crippen LogP contribution < -0.4 is 5.32 Å². The van der Waals surface area contributed by atoms with E-state index in [0.717, 1.165) is 6.42 Å². The van der Waals surface area contributed by atoms with Gasteiger partial charge < -0.3 is 5.32 Å². The van der Waals surface area contributed by atoms with Crippen molar-refractivity contribution in [3.63, 3.8) is 0 Å². The van der Waals surface area contributed by atoms with Crippen molar-refractivity contribution in [3.8, 4) is 0 Å². The molecule has 0 aromatic heterocycles. The minimum atomic E-state index is -0.226. The second kappa shape index (κ2) is 5.59. The van der Waals surface area contributed by atoms with Gasteiger partial charge in [-0.25, -0.2) is 4.39 Å². The summed E-state index contributed by atoms with van der Waals surface area (Å²) in [7, 11) is 1.80. The highest BCUT2D eigenvalue weighted by molar-refractivity contribution is 7.80. The molecule has 0 saturated carbocycles. The van der Waals surface area contributed by atoms with Crippen molar-refractivity contribution in [3.05, 3.63) is 34.6 Å². The van der Waals surface area contributed by atoms with E-state index in [1.807, 2.05) is 0 Å². The lowest BCUT2D eigenvalue weighted by molar-refractivity contribution is 0.528. The van der Waals surface area contributed by atoms with E-state index in [0.29, 0.717) is 16.3 Å². The van der Waals surface area contributed by atoms with Crippen molar-refractivity contribution >= 4 is 24.2 Å². The number of halogens is 2. The highest BCUT2D eigenvalue weighted by Crippen LogP contribution is 2.23. The number of nitrogens with one attached hydrogen (secondary N) is 1. The molecule has 1 aromatic carbocycles. The molecular weight excluding hydrogens is 221 g/mol. The Morgan fingerprint density at radius 2 is 2.29 bits per heavy atom. The zero-order valence-corrected chi connectivity index (χ0v) is 9.58. The highest BCUT2D eigenvalue weighted by atomic mass is 35.5. The van der Waals surface area contributed by atoms with Gasteiger partial charge >= 0.3 is 0 Å². The standard InChI is InChI=1S/C10H13ClFNS/c1-13-10(4-5-14)8-6-7(11)2-3-9(8)12/h2-3,6,10,13-14H,4-5H2,1H3. The van der Waals surface area contributed by atoms with Crippen LogP contribution in [0.15, 0.2) is 18.2 Å². The zero-order chi connectivity index (χ0) is 10.6. The van der Waals surface area contributed by atoms with Gasteiger partial charge in [-0.2, -0.15) is 12.6 Å². The molecule has 0 saturated heterocycles. The number of hydrogen-bond acceptors (Lipinski definition) is 2. The van der Waals surface area contributed by atoms with Crippen molar-refractivity contribution in [2.75, 3.05) is 12.8 Å². The van der Waals surface area contributed by atoms with Crippen molar-refractivity contribution < 1.29 is 4.39 Å². The monoisotopic (exact) mass is 233 g/mol. The van der Waals surface area contributed by atoms with Crippen molar-refractivity contribution in [1.82, 2.24) is 5.32 Å². The maximum atomic E-state index is 13.4. The van der Waals surface area contributed by atoms with E-state index in [2.05, 4.69) is 17.9 Å². The minimum absolute atomic E-state index is 0.0220. The van der Waals surface area contributed by atoms with Crippen LogP contribution in [0, 0.1) is 5.82 Å². The quantitative estimate of drug-likeness (QED) is 0.762. The van der Waals surface area contributed by atoms with Gasteiger partial charge in [0.2, 0.25) is 0 Å². The molecule has 1 unspecified atom stereocenters. The molecule has 1 N–H and O–H groups in total. The first-order valence-electron chi connectivity index (χ1n) is 4.42. The van der Waals surface area contributed by atoms with E-state index in [9.17, 15) is 4.39 Å². The normalized spacial score (nSPS) is 12.9. The predicted molar refractivity (Wildman–Crippen MR) is 61.7 cm³/mol. The summed E-state index contributed by atoms with van der Waals surface area (Å²) in [6, 6.07) is 4.57. The molecule has 0 radical (unpaired) electrons. The van der Waals surface area contributed by atoms with E-state index in [4.69, 9.17) is 11.6 Å². The molecule has 0 aliphatic heterocycles. The smallest absolute Gasteiger partial charge is 0.128 e. The van der Waals surface area contributed by atoms with Crippen LogP contribution in [-0.2, 0) is 0 Å². The summed E-state index contributed by atoms with van der Waals surface area (Å²) >= 11 is 9.93. The Morgan fingerprint density at radius 1 is 1.57 bits per heavy atom. The lowest BCUT2D eigenvalue weighted by atomic mass is 10.0.